The average Bonchev–Trinajstić information content (AvgIpc) is 2.50. The fourth-order valence-electron chi connectivity index (χ4n) is 1.81. The number of hydrogen-bond acceptors (Lipinski definition) is 2. The number of nitrogens with zero attached hydrogens (tertiary/aromatic N) is 1. The van der Waals surface area contributed by atoms with Gasteiger partial charge in [0.15, 0.2) is 0 Å². The summed E-state index contributed by atoms with van der Waals surface area (Å²) >= 11 is 0. The summed E-state index contributed by atoms with van der Waals surface area (Å²) in [6.07, 6.45) is 2.81. The number of hydrogen-bond donors (Lipinski definition) is 1. The summed E-state index contributed by atoms with van der Waals surface area (Å²) in [6, 6.07) is 8.05. The van der Waals surface area contributed by atoms with Gasteiger partial charge in [0.2, 0.25) is 0 Å². The Balaban J connectivity index is 2.22. The highest BCUT2D eigenvalue weighted by atomic mass is 16.1. The van der Waals surface area contributed by atoms with Crippen molar-refractivity contribution < 1.29 is 4.79 Å². The zero-order valence-electron chi connectivity index (χ0n) is 9.99. The van der Waals surface area contributed by atoms with Gasteiger partial charge in [-0.15, -0.1) is 0 Å². The lowest BCUT2D eigenvalue weighted by Gasteiger charge is -2.06. The van der Waals surface area contributed by atoms with Crippen LogP contribution in [-0.2, 0) is 11.2 Å². The lowest BCUT2D eigenvalue weighted by molar-refractivity contribution is -0.116. The summed E-state index contributed by atoms with van der Waals surface area (Å²) in [7, 11) is 0. The monoisotopic (exact) mass is 228 g/mol. The standard InChI is InChI=1S/C14H16N2O/c1-10(2)14(17)16-13-9-5-7-11-6-3-4-8-12(11)15-13/h3-4,6,8H,1,5,7,9H2,2H3,(H,15,16,17). The van der Waals surface area contributed by atoms with E-state index in [9.17, 15) is 4.79 Å². The van der Waals surface area contributed by atoms with Crippen molar-refractivity contribution in [2.24, 2.45) is 4.99 Å². The molecule has 1 aliphatic rings. The smallest absolute Gasteiger partial charge is 0.251 e. The number of benzene rings is 1. The second kappa shape index (κ2) is 4.95. The molecule has 2 rings (SSSR count). The number of nitrogens with one attached hydrogen (secondary N) is 1. The second-order valence-corrected chi connectivity index (χ2v) is 4.28. The van der Waals surface area contributed by atoms with Crippen LogP contribution in [0, 0.1) is 0 Å². The van der Waals surface area contributed by atoms with E-state index < -0.39 is 0 Å². The Morgan fingerprint density at radius 1 is 1.35 bits per heavy atom. The molecule has 17 heavy (non-hydrogen) atoms. The van der Waals surface area contributed by atoms with Crippen molar-refractivity contribution in [3.05, 3.63) is 42.0 Å². The second-order valence-electron chi connectivity index (χ2n) is 4.28. The van der Waals surface area contributed by atoms with Gasteiger partial charge in [-0.3, -0.25) is 4.79 Å². The minimum atomic E-state index is -0.150. The van der Waals surface area contributed by atoms with Gasteiger partial charge in [0.1, 0.15) is 5.84 Å². The predicted octanol–water partition coefficient (Wildman–Crippen LogP) is 2.75. The minimum absolute atomic E-state index is 0.150. The van der Waals surface area contributed by atoms with Crippen molar-refractivity contribution >= 4 is 17.4 Å². The van der Waals surface area contributed by atoms with Gasteiger partial charge in [0.05, 0.1) is 5.69 Å². The lowest BCUT2D eigenvalue weighted by atomic mass is 10.1. The van der Waals surface area contributed by atoms with Crippen molar-refractivity contribution in [2.75, 3.05) is 0 Å². The zero-order chi connectivity index (χ0) is 12.3. The summed E-state index contributed by atoms with van der Waals surface area (Å²) in [6.45, 7) is 5.32. The first kappa shape index (κ1) is 11.6. The predicted molar refractivity (Wildman–Crippen MR) is 69.4 cm³/mol. The Labute approximate surface area is 101 Å². The van der Waals surface area contributed by atoms with E-state index in [-0.39, 0.29) is 5.91 Å². The lowest BCUT2D eigenvalue weighted by Crippen LogP contribution is -2.30. The molecule has 0 aromatic heterocycles. The molecule has 1 heterocycles. The van der Waals surface area contributed by atoms with Crippen LogP contribution in [0.1, 0.15) is 25.3 Å². The van der Waals surface area contributed by atoms with Gasteiger partial charge in [0.25, 0.3) is 5.91 Å². The SMILES string of the molecule is C=C(C)C(=O)NC1=Nc2ccccc2CCC1. The van der Waals surface area contributed by atoms with Crippen LogP contribution in [0.5, 0.6) is 0 Å². The topological polar surface area (TPSA) is 41.5 Å². The van der Waals surface area contributed by atoms with E-state index in [0.29, 0.717) is 5.57 Å². The molecule has 1 N–H and O–H groups in total. The Morgan fingerprint density at radius 2 is 2.12 bits per heavy atom. The molecule has 1 aromatic carbocycles. The van der Waals surface area contributed by atoms with Crippen molar-refractivity contribution in [3.8, 4) is 0 Å². The van der Waals surface area contributed by atoms with Gasteiger partial charge in [-0.1, -0.05) is 24.8 Å². The van der Waals surface area contributed by atoms with E-state index >= 15 is 0 Å². The average molecular weight is 228 g/mol. The Kier molecular flexibility index (Phi) is 3.38. The number of amidine groups is 1. The number of carbonyl (C=O) groups is 1. The van der Waals surface area contributed by atoms with Crippen molar-refractivity contribution in [3.63, 3.8) is 0 Å². The third-order valence-corrected chi connectivity index (χ3v) is 2.75. The van der Waals surface area contributed by atoms with E-state index in [1.165, 1.54) is 5.56 Å². The van der Waals surface area contributed by atoms with Crippen LogP contribution in [0.4, 0.5) is 5.69 Å². The first-order valence-electron chi connectivity index (χ1n) is 5.79. The van der Waals surface area contributed by atoms with Gasteiger partial charge in [0, 0.05) is 12.0 Å². The molecule has 0 fully saturated rings. The number of aryl methyl sites for hydroxylation is 1. The Morgan fingerprint density at radius 3 is 2.88 bits per heavy atom. The molecule has 3 heteroatoms. The van der Waals surface area contributed by atoms with E-state index in [1.807, 2.05) is 18.2 Å². The molecule has 1 amide bonds. The molecule has 3 nitrogen and oxygen atoms in total. The van der Waals surface area contributed by atoms with E-state index in [4.69, 9.17) is 0 Å². The molecular weight excluding hydrogens is 212 g/mol. The molecule has 1 aromatic rings. The van der Waals surface area contributed by atoms with Crippen molar-refractivity contribution in [1.29, 1.82) is 0 Å². The fourth-order valence-corrected chi connectivity index (χ4v) is 1.81. The highest BCUT2D eigenvalue weighted by molar-refractivity contribution is 6.06. The quantitative estimate of drug-likeness (QED) is 0.738. The summed E-state index contributed by atoms with van der Waals surface area (Å²) in [4.78, 5) is 16.0. The maximum absolute atomic E-state index is 11.5. The van der Waals surface area contributed by atoms with Gasteiger partial charge in [-0.25, -0.2) is 4.99 Å². The summed E-state index contributed by atoms with van der Waals surface area (Å²) < 4.78 is 0. The maximum atomic E-state index is 11.5. The zero-order valence-corrected chi connectivity index (χ0v) is 9.99. The molecule has 88 valence electrons. The van der Waals surface area contributed by atoms with Gasteiger partial charge < -0.3 is 5.32 Å². The van der Waals surface area contributed by atoms with E-state index in [0.717, 1.165) is 30.8 Å². The van der Waals surface area contributed by atoms with Gasteiger partial charge in [-0.05, 0) is 31.4 Å². The maximum Gasteiger partial charge on any atom is 0.251 e. The number of fused-ring (bicyclic) bond motifs is 1. The van der Waals surface area contributed by atoms with Crippen LogP contribution in [0.15, 0.2) is 41.4 Å². The first-order valence-corrected chi connectivity index (χ1v) is 5.79. The summed E-state index contributed by atoms with van der Waals surface area (Å²) in [5.74, 6) is 0.589. The third kappa shape index (κ3) is 2.81. The highest BCUT2D eigenvalue weighted by Gasteiger charge is 2.12. The number of rotatable bonds is 1. The molecular formula is C14H16N2O. The first-order chi connectivity index (χ1) is 8.16. The van der Waals surface area contributed by atoms with Crippen LogP contribution in [0.2, 0.25) is 0 Å². The molecule has 0 unspecified atom stereocenters. The largest absolute Gasteiger partial charge is 0.310 e. The minimum Gasteiger partial charge on any atom is -0.310 e. The molecule has 0 bridgehead atoms. The summed E-state index contributed by atoms with van der Waals surface area (Å²) in [5, 5.41) is 2.81. The fraction of sp³-hybridized carbons (Fsp3) is 0.286. The number of aliphatic imine (C=N–C) groups is 1. The van der Waals surface area contributed by atoms with Crippen molar-refractivity contribution in [2.45, 2.75) is 26.2 Å². The normalized spacial score (nSPS) is 14.3. The Hall–Kier alpha value is -1.90. The molecule has 1 aliphatic heterocycles. The molecule has 0 aliphatic carbocycles. The highest BCUT2D eigenvalue weighted by Crippen LogP contribution is 2.24. The molecule has 0 radical (unpaired) electrons. The third-order valence-electron chi connectivity index (χ3n) is 2.75. The van der Waals surface area contributed by atoms with Crippen LogP contribution in [0.25, 0.3) is 0 Å². The number of para-hydroxylation sites is 1. The summed E-state index contributed by atoms with van der Waals surface area (Å²) in [5.41, 5.74) is 2.71. The Bertz CT molecular complexity index is 489. The van der Waals surface area contributed by atoms with E-state index in [2.05, 4.69) is 23.0 Å². The molecule has 0 saturated carbocycles. The number of amides is 1. The molecule has 0 saturated heterocycles. The van der Waals surface area contributed by atoms with Crippen molar-refractivity contribution in [1.82, 2.24) is 5.32 Å². The van der Waals surface area contributed by atoms with Crippen LogP contribution >= 0.6 is 0 Å². The molecule has 0 spiro atoms. The molecule has 0 atom stereocenters. The van der Waals surface area contributed by atoms with Gasteiger partial charge in [-0.2, -0.15) is 0 Å². The number of carbonyl (C=O) groups excluding carboxylic acids is 1. The van der Waals surface area contributed by atoms with Crippen LogP contribution in [-0.4, -0.2) is 11.7 Å². The van der Waals surface area contributed by atoms with Gasteiger partial charge >= 0.3 is 0 Å². The van der Waals surface area contributed by atoms with Crippen LogP contribution in [0.3, 0.4) is 0 Å². The van der Waals surface area contributed by atoms with E-state index in [1.54, 1.807) is 6.92 Å². The van der Waals surface area contributed by atoms with Crippen LogP contribution < -0.4 is 5.32 Å².